The molecule has 2 rings (SSSR count). The predicted molar refractivity (Wildman–Crippen MR) is 51.7 cm³/mol. The van der Waals surface area contributed by atoms with E-state index in [1.54, 1.807) is 0 Å². The van der Waals surface area contributed by atoms with Crippen molar-refractivity contribution >= 4 is 0 Å². The van der Waals surface area contributed by atoms with E-state index in [-0.39, 0.29) is 0 Å². The Morgan fingerprint density at radius 1 is 1.50 bits per heavy atom. The number of hydrogen-bond donors (Lipinski definition) is 1. The average Bonchev–Trinajstić information content (AvgIpc) is 2.67. The minimum Gasteiger partial charge on any atom is -0.338 e. The average molecular weight is 196 g/mol. The molecule has 5 heteroatoms. The highest BCUT2D eigenvalue weighted by Gasteiger charge is 2.22. The first-order valence-corrected chi connectivity index (χ1v) is 5.00. The SMILES string of the molecule is CN1CCC(c2noc(CN)n2)CC1. The summed E-state index contributed by atoms with van der Waals surface area (Å²) in [6.07, 6.45) is 2.22. The summed E-state index contributed by atoms with van der Waals surface area (Å²) in [5.74, 6) is 1.83. The Bertz CT molecular complexity index is 291. The van der Waals surface area contributed by atoms with E-state index in [0.717, 1.165) is 31.8 Å². The topological polar surface area (TPSA) is 68.2 Å². The van der Waals surface area contributed by atoms with Crippen molar-refractivity contribution in [2.24, 2.45) is 5.73 Å². The highest BCUT2D eigenvalue weighted by Crippen LogP contribution is 2.24. The molecule has 0 unspecified atom stereocenters. The molecule has 1 aliphatic rings. The quantitative estimate of drug-likeness (QED) is 0.738. The standard InChI is InChI=1S/C9H16N4O/c1-13-4-2-7(3-5-13)9-11-8(6-10)14-12-9/h7H,2-6,10H2,1H3. The first kappa shape index (κ1) is 9.61. The van der Waals surface area contributed by atoms with Crippen molar-refractivity contribution in [3.05, 3.63) is 11.7 Å². The Balaban J connectivity index is 2.01. The second kappa shape index (κ2) is 4.06. The second-order valence-electron chi connectivity index (χ2n) is 3.83. The fraction of sp³-hybridized carbons (Fsp3) is 0.778. The smallest absolute Gasteiger partial charge is 0.240 e. The van der Waals surface area contributed by atoms with Crippen LogP contribution in [0, 0.1) is 0 Å². The fourth-order valence-electron chi connectivity index (χ4n) is 1.78. The van der Waals surface area contributed by atoms with Gasteiger partial charge in [0.15, 0.2) is 5.82 Å². The summed E-state index contributed by atoms with van der Waals surface area (Å²) >= 11 is 0. The second-order valence-corrected chi connectivity index (χ2v) is 3.83. The molecule has 0 bridgehead atoms. The van der Waals surface area contributed by atoms with Gasteiger partial charge in [0.05, 0.1) is 6.54 Å². The summed E-state index contributed by atoms with van der Waals surface area (Å²) in [7, 11) is 2.14. The van der Waals surface area contributed by atoms with E-state index < -0.39 is 0 Å². The number of likely N-dealkylation sites (tertiary alicyclic amines) is 1. The van der Waals surface area contributed by atoms with Crippen LogP contribution >= 0.6 is 0 Å². The van der Waals surface area contributed by atoms with Crippen LogP contribution < -0.4 is 5.73 Å². The van der Waals surface area contributed by atoms with Gasteiger partial charge in [-0.2, -0.15) is 4.98 Å². The Morgan fingerprint density at radius 3 is 2.79 bits per heavy atom. The Morgan fingerprint density at radius 2 is 2.21 bits per heavy atom. The van der Waals surface area contributed by atoms with Crippen molar-refractivity contribution in [1.82, 2.24) is 15.0 Å². The van der Waals surface area contributed by atoms with Crippen LogP contribution in [-0.4, -0.2) is 35.2 Å². The molecule has 78 valence electrons. The number of hydrogen-bond acceptors (Lipinski definition) is 5. The van der Waals surface area contributed by atoms with Crippen molar-refractivity contribution < 1.29 is 4.52 Å². The maximum atomic E-state index is 5.41. The van der Waals surface area contributed by atoms with E-state index in [1.807, 2.05) is 0 Å². The van der Waals surface area contributed by atoms with Crippen molar-refractivity contribution in [2.75, 3.05) is 20.1 Å². The highest BCUT2D eigenvalue weighted by molar-refractivity contribution is 4.97. The molecule has 1 aliphatic heterocycles. The molecule has 0 saturated carbocycles. The first-order chi connectivity index (χ1) is 6.79. The minimum absolute atomic E-state index is 0.333. The van der Waals surface area contributed by atoms with Gasteiger partial charge in [0, 0.05) is 5.92 Å². The van der Waals surface area contributed by atoms with Crippen LogP contribution in [0.1, 0.15) is 30.5 Å². The van der Waals surface area contributed by atoms with Gasteiger partial charge in [0.25, 0.3) is 0 Å². The molecule has 0 amide bonds. The lowest BCUT2D eigenvalue weighted by Crippen LogP contribution is -2.29. The fourth-order valence-corrected chi connectivity index (χ4v) is 1.78. The van der Waals surface area contributed by atoms with Crippen molar-refractivity contribution in [2.45, 2.75) is 25.3 Å². The van der Waals surface area contributed by atoms with Crippen LogP contribution in [0.25, 0.3) is 0 Å². The molecule has 2 N–H and O–H groups in total. The summed E-state index contributed by atoms with van der Waals surface area (Å²) in [4.78, 5) is 6.58. The third-order valence-corrected chi connectivity index (χ3v) is 2.74. The normalized spacial score (nSPS) is 20.1. The molecule has 0 atom stereocenters. The number of nitrogens with two attached hydrogens (primary N) is 1. The third kappa shape index (κ3) is 1.93. The van der Waals surface area contributed by atoms with Crippen LogP contribution in [0.15, 0.2) is 4.52 Å². The highest BCUT2D eigenvalue weighted by atomic mass is 16.5. The molecule has 1 saturated heterocycles. The molecule has 1 fully saturated rings. The Labute approximate surface area is 83.3 Å². The molecule has 0 radical (unpaired) electrons. The van der Waals surface area contributed by atoms with Gasteiger partial charge in [0.2, 0.25) is 5.89 Å². The van der Waals surface area contributed by atoms with Crippen LogP contribution in [0.4, 0.5) is 0 Å². The summed E-state index contributed by atoms with van der Waals surface area (Å²) in [5, 5.41) is 3.95. The van der Waals surface area contributed by atoms with Crippen LogP contribution in [-0.2, 0) is 6.54 Å². The van der Waals surface area contributed by atoms with E-state index in [1.165, 1.54) is 0 Å². The predicted octanol–water partition coefficient (Wildman–Crippen LogP) is 0.338. The summed E-state index contributed by atoms with van der Waals surface area (Å²) in [6.45, 7) is 2.55. The molecule has 1 aromatic heterocycles. The van der Waals surface area contributed by atoms with Crippen LogP contribution in [0.2, 0.25) is 0 Å². The number of rotatable bonds is 2. The van der Waals surface area contributed by atoms with E-state index in [9.17, 15) is 0 Å². The zero-order valence-corrected chi connectivity index (χ0v) is 8.44. The Hall–Kier alpha value is -0.940. The van der Waals surface area contributed by atoms with E-state index in [2.05, 4.69) is 22.1 Å². The molecule has 2 heterocycles. The van der Waals surface area contributed by atoms with Gasteiger partial charge in [-0.3, -0.25) is 0 Å². The molecular formula is C9H16N4O. The van der Waals surface area contributed by atoms with Crippen molar-refractivity contribution in [3.63, 3.8) is 0 Å². The van der Waals surface area contributed by atoms with Gasteiger partial charge in [-0.1, -0.05) is 5.16 Å². The zero-order valence-electron chi connectivity index (χ0n) is 8.44. The molecule has 0 spiro atoms. The molecule has 1 aromatic rings. The lowest BCUT2D eigenvalue weighted by Gasteiger charge is -2.26. The van der Waals surface area contributed by atoms with Crippen LogP contribution in [0.3, 0.4) is 0 Å². The monoisotopic (exact) mass is 196 g/mol. The van der Waals surface area contributed by atoms with Gasteiger partial charge in [0.1, 0.15) is 0 Å². The van der Waals surface area contributed by atoms with Gasteiger partial charge in [-0.25, -0.2) is 0 Å². The van der Waals surface area contributed by atoms with Crippen LogP contribution in [0.5, 0.6) is 0 Å². The molecule has 5 nitrogen and oxygen atoms in total. The first-order valence-electron chi connectivity index (χ1n) is 5.00. The number of piperidine rings is 1. The zero-order chi connectivity index (χ0) is 9.97. The summed E-state index contributed by atoms with van der Waals surface area (Å²) < 4.78 is 4.99. The minimum atomic E-state index is 0.333. The number of aromatic nitrogens is 2. The molecular weight excluding hydrogens is 180 g/mol. The largest absolute Gasteiger partial charge is 0.338 e. The van der Waals surface area contributed by atoms with Gasteiger partial charge in [-0.15, -0.1) is 0 Å². The van der Waals surface area contributed by atoms with Crippen molar-refractivity contribution in [3.8, 4) is 0 Å². The summed E-state index contributed by atoms with van der Waals surface area (Å²) in [5.41, 5.74) is 5.41. The Kier molecular flexibility index (Phi) is 2.79. The third-order valence-electron chi connectivity index (χ3n) is 2.74. The summed E-state index contributed by atoms with van der Waals surface area (Å²) in [6, 6.07) is 0. The van der Waals surface area contributed by atoms with E-state index >= 15 is 0 Å². The van der Waals surface area contributed by atoms with Gasteiger partial charge in [-0.05, 0) is 33.0 Å². The van der Waals surface area contributed by atoms with Gasteiger partial charge >= 0.3 is 0 Å². The van der Waals surface area contributed by atoms with Gasteiger partial charge < -0.3 is 15.2 Å². The molecule has 0 aromatic carbocycles. The molecule has 14 heavy (non-hydrogen) atoms. The molecule has 0 aliphatic carbocycles. The van der Waals surface area contributed by atoms with E-state index in [4.69, 9.17) is 10.3 Å². The lowest BCUT2D eigenvalue weighted by atomic mass is 9.97. The lowest BCUT2D eigenvalue weighted by molar-refractivity contribution is 0.248. The number of nitrogens with zero attached hydrogens (tertiary/aromatic N) is 3. The maximum Gasteiger partial charge on any atom is 0.240 e. The maximum absolute atomic E-state index is 5.41. The van der Waals surface area contributed by atoms with E-state index in [0.29, 0.717) is 18.4 Å². The van der Waals surface area contributed by atoms with Crippen molar-refractivity contribution in [1.29, 1.82) is 0 Å².